The van der Waals surface area contributed by atoms with Crippen molar-refractivity contribution in [1.29, 1.82) is 0 Å². The quantitative estimate of drug-likeness (QED) is 0.322. The van der Waals surface area contributed by atoms with Crippen molar-refractivity contribution in [3.63, 3.8) is 0 Å². The molecule has 3 aromatic rings. The van der Waals surface area contributed by atoms with Crippen LogP contribution in [0.4, 0.5) is 5.69 Å². The van der Waals surface area contributed by atoms with Gasteiger partial charge in [0.25, 0.3) is 0 Å². The van der Waals surface area contributed by atoms with Crippen molar-refractivity contribution in [2.75, 3.05) is 25.2 Å². The number of carbonyl (C=O) groups is 2. The fraction of sp³-hybridized carbons (Fsp3) is 0.269. The maximum atomic E-state index is 12.5. The van der Waals surface area contributed by atoms with E-state index < -0.39 is 11.6 Å². The maximum Gasteiger partial charge on any atom is 0.344 e. The van der Waals surface area contributed by atoms with Gasteiger partial charge in [-0.15, -0.1) is 0 Å². The third-order valence-corrected chi connectivity index (χ3v) is 5.89. The van der Waals surface area contributed by atoms with E-state index in [1.165, 1.54) is 12.1 Å². The molecule has 0 spiro atoms. The van der Waals surface area contributed by atoms with Gasteiger partial charge in [0.2, 0.25) is 0 Å². The van der Waals surface area contributed by atoms with Crippen LogP contribution >= 0.6 is 0 Å². The number of aryl methyl sites for hydroxylation is 1. The van der Waals surface area contributed by atoms with Crippen molar-refractivity contribution >= 4 is 28.4 Å². The summed E-state index contributed by atoms with van der Waals surface area (Å²) >= 11 is 0. The molecule has 0 radical (unpaired) electrons. The van der Waals surface area contributed by atoms with Crippen LogP contribution in [0.2, 0.25) is 0 Å². The van der Waals surface area contributed by atoms with Crippen molar-refractivity contribution in [3.8, 4) is 5.75 Å². The number of nitrogens with zero attached hydrogens (tertiary/aromatic N) is 1. The van der Waals surface area contributed by atoms with E-state index in [4.69, 9.17) is 13.9 Å². The number of benzene rings is 2. The molecular weight excluding hydrogens is 422 g/mol. The normalized spacial score (nSPS) is 15.5. The number of carbonyl (C=O) groups excluding carboxylic acids is 2. The van der Waals surface area contributed by atoms with Gasteiger partial charge >= 0.3 is 11.6 Å². The highest BCUT2D eigenvalue weighted by molar-refractivity contribution is 5.94. The van der Waals surface area contributed by atoms with Crippen LogP contribution in [0.1, 0.15) is 25.0 Å². The fourth-order valence-electron chi connectivity index (χ4n) is 4.18. The summed E-state index contributed by atoms with van der Waals surface area (Å²) in [6, 6.07) is 14.4. The highest BCUT2D eigenvalue weighted by Crippen LogP contribution is 2.46. The van der Waals surface area contributed by atoms with Crippen LogP contribution in [-0.4, -0.2) is 32.0 Å². The maximum absolute atomic E-state index is 12.5. The number of allylic oxidation sites excluding steroid dienone is 1. The molecular formula is C26H25NO6. The van der Waals surface area contributed by atoms with Gasteiger partial charge in [-0.3, -0.25) is 4.79 Å². The van der Waals surface area contributed by atoms with Crippen LogP contribution in [0.25, 0.3) is 11.0 Å². The minimum atomic E-state index is -0.671. The minimum absolute atomic E-state index is 0.311. The van der Waals surface area contributed by atoms with E-state index in [9.17, 15) is 14.4 Å². The zero-order chi connectivity index (χ0) is 23.8. The first-order valence-electron chi connectivity index (χ1n) is 10.6. The van der Waals surface area contributed by atoms with Gasteiger partial charge in [-0.05, 0) is 36.2 Å². The number of likely N-dealkylation sites (N-methyl/N-ethyl adjacent to an activating group) is 1. The van der Waals surface area contributed by atoms with Gasteiger partial charge in [0, 0.05) is 47.4 Å². The van der Waals surface area contributed by atoms with Gasteiger partial charge < -0.3 is 18.8 Å². The Morgan fingerprint density at radius 1 is 1.09 bits per heavy atom. The lowest BCUT2D eigenvalue weighted by atomic mass is 9.83. The Morgan fingerprint density at radius 2 is 1.85 bits per heavy atom. The molecule has 7 nitrogen and oxygen atoms in total. The van der Waals surface area contributed by atoms with Crippen molar-refractivity contribution in [3.05, 3.63) is 81.9 Å². The second-order valence-corrected chi connectivity index (χ2v) is 8.55. The van der Waals surface area contributed by atoms with E-state index in [0.29, 0.717) is 11.3 Å². The number of ether oxygens (including phenoxy) is 2. The molecule has 2 heterocycles. The first-order valence-corrected chi connectivity index (χ1v) is 10.6. The van der Waals surface area contributed by atoms with E-state index >= 15 is 0 Å². The first kappa shape index (κ1) is 22.3. The van der Waals surface area contributed by atoms with E-state index in [0.717, 1.165) is 27.9 Å². The molecule has 33 heavy (non-hydrogen) atoms. The smallest absolute Gasteiger partial charge is 0.344 e. The fourth-order valence-corrected chi connectivity index (χ4v) is 4.18. The Bertz CT molecular complexity index is 1330. The van der Waals surface area contributed by atoms with Crippen LogP contribution in [0, 0.1) is 6.92 Å². The summed E-state index contributed by atoms with van der Waals surface area (Å²) in [4.78, 5) is 38.1. The number of hydrogen-bond acceptors (Lipinski definition) is 7. The molecule has 2 aromatic carbocycles. The third-order valence-electron chi connectivity index (χ3n) is 5.89. The van der Waals surface area contributed by atoms with Gasteiger partial charge in [0.1, 0.15) is 11.3 Å². The standard InChI is InChI=1S/C26H25NO6/c1-16-11-24(29)33-22-13-18(9-10-19(16)22)31-15-25(30)32-14-17(28)12-23-26(2,3)20-7-5-6-8-21(20)27(23)4/h5-13H,14-15H2,1-4H3/b23-12+. The van der Waals surface area contributed by atoms with Crippen LogP contribution in [0.3, 0.4) is 0 Å². The average molecular weight is 447 g/mol. The lowest BCUT2D eigenvalue weighted by Gasteiger charge is -2.23. The summed E-state index contributed by atoms with van der Waals surface area (Å²) in [6.07, 6.45) is 1.53. The predicted molar refractivity (Wildman–Crippen MR) is 125 cm³/mol. The Balaban J connectivity index is 1.35. The molecule has 1 aliphatic heterocycles. The topological polar surface area (TPSA) is 86.0 Å². The van der Waals surface area contributed by atoms with Crippen LogP contribution in [0.15, 0.2) is 69.5 Å². The summed E-state index contributed by atoms with van der Waals surface area (Å²) in [5, 5.41) is 0.783. The molecule has 4 rings (SSSR count). The highest BCUT2D eigenvalue weighted by Gasteiger charge is 2.38. The lowest BCUT2D eigenvalue weighted by Crippen LogP contribution is -2.25. The Kier molecular flexibility index (Phi) is 5.80. The first-order chi connectivity index (χ1) is 15.7. The number of ketones is 1. The van der Waals surface area contributed by atoms with Crippen LogP contribution in [0.5, 0.6) is 5.75 Å². The van der Waals surface area contributed by atoms with Crippen molar-refractivity contribution in [2.24, 2.45) is 0 Å². The number of esters is 1. The largest absolute Gasteiger partial charge is 0.482 e. The number of anilines is 1. The summed E-state index contributed by atoms with van der Waals surface area (Å²) in [7, 11) is 1.92. The van der Waals surface area contributed by atoms with E-state index in [2.05, 4.69) is 13.8 Å². The number of rotatable bonds is 6. The van der Waals surface area contributed by atoms with E-state index in [1.807, 2.05) is 43.1 Å². The van der Waals surface area contributed by atoms with Gasteiger partial charge in [-0.25, -0.2) is 9.59 Å². The van der Waals surface area contributed by atoms with Gasteiger partial charge in [0.05, 0.1) is 0 Å². The van der Waals surface area contributed by atoms with Gasteiger partial charge in [-0.2, -0.15) is 0 Å². The molecule has 1 aliphatic rings. The molecule has 1 aromatic heterocycles. The molecule has 0 fully saturated rings. The molecule has 0 amide bonds. The van der Waals surface area contributed by atoms with Crippen LogP contribution < -0.4 is 15.3 Å². The molecule has 0 bridgehead atoms. The summed E-state index contributed by atoms with van der Waals surface area (Å²) in [6.45, 7) is 5.18. The Morgan fingerprint density at radius 3 is 2.61 bits per heavy atom. The molecule has 0 aliphatic carbocycles. The Labute approximate surface area is 191 Å². The van der Waals surface area contributed by atoms with Gasteiger partial charge in [0.15, 0.2) is 19.0 Å². The number of fused-ring (bicyclic) bond motifs is 2. The minimum Gasteiger partial charge on any atom is -0.482 e. The molecule has 170 valence electrons. The number of hydrogen-bond donors (Lipinski definition) is 0. The zero-order valence-electron chi connectivity index (χ0n) is 19.0. The third kappa shape index (κ3) is 4.39. The molecule has 0 saturated heterocycles. The molecule has 0 unspecified atom stereocenters. The van der Waals surface area contributed by atoms with Crippen LogP contribution in [-0.2, 0) is 19.7 Å². The summed E-state index contributed by atoms with van der Waals surface area (Å²) < 4.78 is 15.7. The molecule has 0 atom stereocenters. The van der Waals surface area contributed by atoms with Crippen molar-refractivity contribution in [2.45, 2.75) is 26.2 Å². The summed E-state index contributed by atoms with van der Waals surface area (Å²) in [5.74, 6) is -0.627. The summed E-state index contributed by atoms with van der Waals surface area (Å²) in [5.41, 5.74) is 3.40. The molecule has 0 saturated carbocycles. The van der Waals surface area contributed by atoms with E-state index in [-0.39, 0.29) is 24.4 Å². The zero-order valence-corrected chi connectivity index (χ0v) is 19.0. The predicted octanol–water partition coefficient (Wildman–Crippen LogP) is 3.90. The molecule has 7 heteroatoms. The highest BCUT2D eigenvalue weighted by atomic mass is 16.6. The van der Waals surface area contributed by atoms with Crippen molar-refractivity contribution < 1.29 is 23.5 Å². The van der Waals surface area contributed by atoms with Crippen molar-refractivity contribution in [1.82, 2.24) is 0 Å². The number of para-hydroxylation sites is 1. The van der Waals surface area contributed by atoms with Gasteiger partial charge in [-0.1, -0.05) is 32.0 Å². The SMILES string of the molecule is Cc1cc(=O)oc2cc(OCC(=O)OCC(=O)/C=C3/N(C)c4ccccc4C3(C)C)ccc12. The second kappa shape index (κ2) is 8.58. The van der Waals surface area contributed by atoms with E-state index in [1.54, 1.807) is 18.2 Å². The average Bonchev–Trinajstić information content (AvgIpc) is 2.96. The Hall–Kier alpha value is -3.87. The monoisotopic (exact) mass is 447 g/mol. The second-order valence-electron chi connectivity index (χ2n) is 8.55. The lowest BCUT2D eigenvalue weighted by molar-refractivity contribution is -0.148. The molecule has 0 N–H and O–H groups in total.